The Morgan fingerprint density at radius 2 is 2.33 bits per heavy atom. The average Bonchev–Trinajstić information content (AvgIpc) is 2.08. The molecule has 4 heteroatoms. The van der Waals surface area contributed by atoms with Crippen molar-refractivity contribution in [3.8, 4) is 0 Å². The van der Waals surface area contributed by atoms with E-state index < -0.39 is 18.4 Å². The normalized spacial score (nSPS) is 33.0. The summed E-state index contributed by atoms with van der Waals surface area (Å²) in [7, 11) is 0. The van der Waals surface area contributed by atoms with Crippen LogP contribution in [0.15, 0.2) is 0 Å². The second-order valence-corrected chi connectivity index (χ2v) is 2.27. The highest BCUT2D eigenvalue weighted by atomic mass is 19.3. The standard InChI is InChI=1S/C5H9F2NO/c6-5(7)3-8-1-4(5)2-9/h4,8-9H,1-3H2. The Morgan fingerprint density at radius 1 is 1.67 bits per heavy atom. The Hall–Kier alpha value is -0.220. The topological polar surface area (TPSA) is 32.3 Å². The summed E-state index contributed by atoms with van der Waals surface area (Å²) < 4.78 is 24.8. The van der Waals surface area contributed by atoms with Gasteiger partial charge in [-0.2, -0.15) is 0 Å². The first-order valence-electron chi connectivity index (χ1n) is 2.86. The predicted molar refractivity (Wildman–Crippen MR) is 28.4 cm³/mol. The first-order valence-corrected chi connectivity index (χ1v) is 2.86. The quantitative estimate of drug-likeness (QED) is 0.526. The highest BCUT2D eigenvalue weighted by molar-refractivity contribution is 4.86. The summed E-state index contributed by atoms with van der Waals surface area (Å²) in [6.45, 7) is -0.498. The number of aliphatic hydroxyl groups excluding tert-OH is 1. The van der Waals surface area contributed by atoms with Crippen molar-refractivity contribution < 1.29 is 13.9 Å². The zero-order valence-electron chi connectivity index (χ0n) is 4.90. The van der Waals surface area contributed by atoms with Gasteiger partial charge >= 0.3 is 0 Å². The van der Waals surface area contributed by atoms with E-state index in [4.69, 9.17) is 5.11 Å². The van der Waals surface area contributed by atoms with E-state index >= 15 is 0 Å². The molecule has 9 heavy (non-hydrogen) atoms. The predicted octanol–water partition coefficient (Wildman–Crippen LogP) is -0.167. The van der Waals surface area contributed by atoms with Crippen LogP contribution >= 0.6 is 0 Å². The molecular weight excluding hydrogens is 128 g/mol. The molecule has 0 aromatic heterocycles. The van der Waals surface area contributed by atoms with E-state index in [1.165, 1.54) is 0 Å². The van der Waals surface area contributed by atoms with Gasteiger partial charge in [0.2, 0.25) is 0 Å². The zero-order chi connectivity index (χ0) is 6.91. The minimum absolute atomic E-state index is 0.226. The number of halogens is 2. The fourth-order valence-corrected chi connectivity index (χ4v) is 0.905. The summed E-state index contributed by atoms with van der Waals surface area (Å²) in [5, 5.41) is 10.9. The van der Waals surface area contributed by atoms with Crippen LogP contribution < -0.4 is 5.32 Å². The Balaban J connectivity index is 2.52. The molecule has 1 aliphatic rings. The third-order valence-electron chi connectivity index (χ3n) is 1.57. The number of aliphatic hydroxyl groups is 1. The third kappa shape index (κ3) is 1.19. The molecule has 0 radical (unpaired) electrons. The van der Waals surface area contributed by atoms with Gasteiger partial charge in [-0.25, -0.2) is 8.78 Å². The molecule has 1 aliphatic heterocycles. The maximum Gasteiger partial charge on any atom is 0.266 e. The van der Waals surface area contributed by atoms with Crippen molar-refractivity contribution in [2.24, 2.45) is 5.92 Å². The largest absolute Gasteiger partial charge is 0.396 e. The molecule has 0 aliphatic carbocycles. The van der Waals surface area contributed by atoms with Crippen LogP contribution in [0.4, 0.5) is 8.78 Å². The molecule has 1 saturated heterocycles. The molecule has 0 saturated carbocycles. The van der Waals surface area contributed by atoms with E-state index in [-0.39, 0.29) is 13.1 Å². The first-order chi connectivity index (χ1) is 4.17. The number of rotatable bonds is 1. The number of hydrogen-bond acceptors (Lipinski definition) is 2. The molecule has 1 rings (SSSR count). The fourth-order valence-electron chi connectivity index (χ4n) is 0.905. The minimum Gasteiger partial charge on any atom is -0.396 e. The van der Waals surface area contributed by atoms with Gasteiger partial charge in [-0.05, 0) is 0 Å². The zero-order valence-corrected chi connectivity index (χ0v) is 4.90. The van der Waals surface area contributed by atoms with Crippen molar-refractivity contribution in [2.75, 3.05) is 19.7 Å². The van der Waals surface area contributed by atoms with Crippen LogP contribution in [-0.4, -0.2) is 30.7 Å². The van der Waals surface area contributed by atoms with Crippen molar-refractivity contribution in [3.63, 3.8) is 0 Å². The molecule has 2 nitrogen and oxygen atoms in total. The molecule has 54 valence electrons. The summed E-state index contributed by atoms with van der Waals surface area (Å²) in [6.07, 6.45) is 0. The van der Waals surface area contributed by atoms with Crippen LogP contribution in [0.25, 0.3) is 0 Å². The minimum atomic E-state index is -2.70. The summed E-state index contributed by atoms with van der Waals surface area (Å²) in [4.78, 5) is 0. The van der Waals surface area contributed by atoms with Crippen molar-refractivity contribution in [1.82, 2.24) is 5.32 Å². The average molecular weight is 137 g/mol. The molecule has 0 aromatic carbocycles. The summed E-state index contributed by atoms with van der Waals surface area (Å²) in [5.41, 5.74) is 0. The van der Waals surface area contributed by atoms with Crippen LogP contribution in [-0.2, 0) is 0 Å². The van der Waals surface area contributed by atoms with Crippen LogP contribution in [0, 0.1) is 5.92 Å². The van der Waals surface area contributed by atoms with Crippen molar-refractivity contribution >= 4 is 0 Å². The van der Waals surface area contributed by atoms with E-state index in [9.17, 15) is 8.78 Å². The summed E-state index contributed by atoms with van der Waals surface area (Å²) in [5.74, 6) is -3.58. The van der Waals surface area contributed by atoms with Crippen LogP contribution in [0.1, 0.15) is 0 Å². The molecule has 1 heterocycles. The van der Waals surface area contributed by atoms with Gasteiger partial charge in [0.25, 0.3) is 5.92 Å². The lowest BCUT2D eigenvalue weighted by Gasteiger charge is -2.13. The Labute approximate surface area is 51.9 Å². The Morgan fingerprint density at radius 3 is 2.56 bits per heavy atom. The van der Waals surface area contributed by atoms with E-state index in [1.807, 2.05) is 0 Å². The maximum absolute atomic E-state index is 12.4. The monoisotopic (exact) mass is 137 g/mol. The van der Waals surface area contributed by atoms with E-state index in [0.29, 0.717) is 0 Å². The molecule has 0 spiro atoms. The van der Waals surface area contributed by atoms with Crippen LogP contribution in [0.2, 0.25) is 0 Å². The lowest BCUT2D eigenvalue weighted by molar-refractivity contribution is -0.0397. The first kappa shape index (κ1) is 6.89. The van der Waals surface area contributed by atoms with Gasteiger partial charge in [0.05, 0.1) is 19.1 Å². The molecular formula is C5H9F2NO. The van der Waals surface area contributed by atoms with Gasteiger partial charge in [0.1, 0.15) is 0 Å². The molecule has 1 atom stereocenters. The molecule has 2 N–H and O–H groups in total. The lowest BCUT2D eigenvalue weighted by Crippen LogP contribution is -2.29. The van der Waals surface area contributed by atoms with Gasteiger partial charge in [0, 0.05) is 6.54 Å². The van der Waals surface area contributed by atoms with E-state index in [1.54, 1.807) is 0 Å². The van der Waals surface area contributed by atoms with Gasteiger partial charge in [0.15, 0.2) is 0 Å². The maximum atomic E-state index is 12.4. The molecule has 0 bridgehead atoms. The third-order valence-corrected chi connectivity index (χ3v) is 1.57. The molecule has 0 amide bonds. The summed E-state index contributed by atoms with van der Waals surface area (Å²) in [6, 6.07) is 0. The van der Waals surface area contributed by atoms with Crippen molar-refractivity contribution in [2.45, 2.75) is 5.92 Å². The van der Waals surface area contributed by atoms with Crippen molar-refractivity contribution in [1.29, 1.82) is 0 Å². The van der Waals surface area contributed by atoms with Gasteiger partial charge in [-0.3, -0.25) is 0 Å². The number of alkyl halides is 2. The van der Waals surface area contributed by atoms with Gasteiger partial charge < -0.3 is 10.4 Å². The lowest BCUT2D eigenvalue weighted by atomic mass is 10.1. The van der Waals surface area contributed by atoms with Crippen LogP contribution in [0.3, 0.4) is 0 Å². The molecule has 0 aromatic rings. The molecule has 1 fully saturated rings. The van der Waals surface area contributed by atoms with Crippen LogP contribution in [0.5, 0.6) is 0 Å². The second-order valence-electron chi connectivity index (χ2n) is 2.27. The highest BCUT2D eigenvalue weighted by Crippen LogP contribution is 2.26. The van der Waals surface area contributed by atoms with Crippen molar-refractivity contribution in [3.05, 3.63) is 0 Å². The highest BCUT2D eigenvalue weighted by Gasteiger charge is 2.43. The summed E-state index contributed by atoms with van der Waals surface area (Å²) >= 11 is 0. The number of nitrogens with one attached hydrogen (secondary N) is 1. The number of hydrogen-bond donors (Lipinski definition) is 2. The Bertz CT molecular complexity index is 107. The SMILES string of the molecule is OCC1CNCC1(F)F. The van der Waals surface area contributed by atoms with E-state index in [0.717, 1.165) is 0 Å². The van der Waals surface area contributed by atoms with Gasteiger partial charge in [-0.1, -0.05) is 0 Å². The van der Waals surface area contributed by atoms with E-state index in [2.05, 4.69) is 5.32 Å². The smallest absolute Gasteiger partial charge is 0.266 e. The Kier molecular flexibility index (Phi) is 1.68. The fraction of sp³-hybridized carbons (Fsp3) is 1.00. The van der Waals surface area contributed by atoms with Gasteiger partial charge in [-0.15, -0.1) is 0 Å². The molecule has 1 unspecified atom stereocenters. The second kappa shape index (κ2) is 2.19.